The highest BCUT2D eigenvalue weighted by Crippen LogP contribution is 2.07. The van der Waals surface area contributed by atoms with Crippen LogP contribution in [0.1, 0.15) is 15.9 Å². The normalized spacial score (nSPS) is 9.88. The minimum atomic E-state index is -0.962. The van der Waals surface area contributed by atoms with Crippen LogP contribution in [0.25, 0.3) is 0 Å². The van der Waals surface area contributed by atoms with Crippen LogP contribution < -0.4 is 11.1 Å². The molecule has 0 aliphatic rings. The molecule has 1 rings (SSSR count). The van der Waals surface area contributed by atoms with Crippen molar-refractivity contribution in [2.24, 2.45) is 5.73 Å². The molecule has 6 nitrogen and oxygen atoms in total. The second-order valence-corrected chi connectivity index (χ2v) is 3.31. The van der Waals surface area contributed by atoms with E-state index >= 15 is 0 Å². The first-order chi connectivity index (χ1) is 8.11. The van der Waals surface area contributed by atoms with E-state index in [1.54, 1.807) is 24.3 Å². The molecule has 0 aromatic heterocycles. The van der Waals surface area contributed by atoms with Gasteiger partial charge in [0.1, 0.15) is 6.61 Å². The van der Waals surface area contributed by atoms with Crippen molar-refractivity contribution in [1.29, 1.82) is 0 Å². The maximum atomic E-state index is 10.9. The number of carboxylic acids is 1. The van der Waals surface area contributed by atoms with Gasteiger partial charge in [-0.3, -0.25) is 0 Å². The molecule has 17 heavy (non-hydrogen) atoms. The Hall–Kier alpha value is -2.08. The van der Waals surface area contributed by atoms with Gasteiger partial charge < -0.3 is 20.9 Å². The predicted molar refractivity (Wildman–Crippen MR) is 60.6 cm³/mol. The fourth-order valence-corrected chi connectivity index (χ4v) is 1.33. The number of hydrogen-bond donors (Lipinski definition) is 3. The molecular weight excluding hydrogens is 224 g/mol. The molecule has 0 radical (unpaired) electrons. The number of carbonyl (C=O) groups is 2. The number of nitrogens with two attached hydrogens (primary N) is 1. The lowest BCUT2D eigenvalue weighted by Gasteiger charge is -2.07. The van der Waals surface area contributed by atoms with E-state index in [4.69, 9.17) is 10.8 Å². The quantitative estimate of drug-likeness (QED) is 0.629. The second-order valence-electron chi connectivity index (χ2n) is 3.31. The van der Waals surface area contributed by atoms with Crippen LogP contribution in [0.5, 0.6) is 0 Å². The van der Waals surface area contributed by atoms with Gasteiger partial charge in [-0.25, -0.2) is 9.59 Å². The van der Waals surface area contributed by atoms with E-state index in [9.17, 15) is 9.59 Å². The number of primary amides is 1. The Morgan fingerprint density at radius 1 is 1.35 bits per heavy atom. The summed E-state index contributed by atoms with van der Waals surface area (Å²) >= 11 is 0. The fourth-order valence-electron chi connectivity index (χ4n) is 1.33. The van der Waals surface area contributed by atoms with Gasteiger partial charge in [0.05, 0.1) is 5.56 Å². The van der Waals surface area contributed by atoms with Crippen LogP contribution in [0.15, 0.2) is 24.3 Å². The van der Waals surface area contributed by atoms with Crippen molar-refractivity contribution >= 4 is 12.1 Å². The van der Waals surface area contributed by atoms with Crippen molar-refractivity contribution < 1.29 is 19.4 Å². The van der Waals surface area contributed by atoms with Gasteiger partial charge in [-0.2, -0.15) is 0 Å². The average Bonchev–Trinajstić information content (AvgIpc) is 2.28. The first kappa shape index (κ1) is 13.0. The largest absolute Gasteiger partial charge is 0.478 e. The molecule has 0 fully saturated rings. The van der Waals surface area contributed by atoms with Crippen LogP contribution in [0.4, 0.5) is 4.79 Å². The van der Waals surface area contributed by atoms with Gasteiger partial charge in [0.2, 0.25) is 0 Å². The minimum Gasteiger partial charge on any atom is -0.478 e. The molecule has 0 bridgehead atoms. The number of benzene rings is 1. The number of amides is 1. The molecule has 0 heterocycles. The van der Waals surface area contributed by atoms with E-state index in [0.29, 0.717) is 18.7 Å². The molecule has 0 aliphatic carbocycles. The molecule has 1 amide bonds. The molecule has 0 unspecified atom stereocenters. The fraction of sp³-hybridized carbons (Fsp3) is 0.273. The smallest absolute Gasteiger partial charge is 0.404 e. The van der Waals surface area contributed by atoms with Crippen LogP contribution in [0.2, 0.25) is 0 Å². The summed E-state index contributed by atoms with van der Waals surface area (Å²) in [6.45, 7) is 0.964. The van der Waals surface area contributed by atoms with Gasteiger partial charge in [-0.05, 0) is 11.6 Å². The number of rotatable bonds is 6. The highest BCUT2D eigenvalue weighted by Gasteiger charge is 2.07. The van der Waals surface area contributed by atoms with Crippen LogP contribution in [-0.2, 0) is 11.3 Å². The van der Waals surface area contributed by atoms with E-state index in [0.717, 1.165) is 0 Å². The van der Waals surface area contributed by atoms with Crippen molar-refractivity contribution in [2.45, 2.75) is 6.54 Å². The summed E-state index contributed by atoms with van der Waals surface area (Å²) in [7, 11) is 0. The van der Waals surface area contributed by atoms with E-state index in [1.165, 1.54) is 0 Å². The standard InChI is InChI=1S/C11H14N2O4/c12-11(16)17-6-5-13-7-8-3-1-2-4-9(8)10(14)15/h1-4,13H,5-7H2,(H2,12,16)(H,14,15). The number of ether oxygens (including phenoxy) is 1. The lowest BCUT2D eigenvalue weighted by molar-refractivity contribution is 0.0695. The zero-order valence-corrected chi connectivity index (χ0v) is 9.18. The first-order valence-electron chi connectivity index (χ1n) is 5.05. The third-order valence-corrected chi connectivity index (χ3v) is 2.09. The molecule has 1 aromatic carbocycles. The van der Waals surface area contributed by atoms with Gasteiger partial charge in [0.15, 0.2) is 0 Å². The Bertz CT molecular complexity index is 406. The van der Waals surface area contributed by atoms with E-state index in [-0.39, 0.29) is 12.2 Å². The Labute approximate surface area is 98.4 Å². The summed E-state index contributed by atoms with van der Waals surface area (Å²) in [5.74, 6) is -0.962. The summed E-state index contributed by atoms with van der Waals surface area (Å²) in [5.41, 5.74) is 5.72. The summed E-state index contributed by atoms with van der Waals surface area (Å²) in [6.07, 6.45) is -0.822. The summed E-state index contributed by atoms with van der Waals surface area (Å²) in [4.78, 5) is 21.2. The van der Waals surface area contributed by atoms with Crippen LogP contribution in [-0.4, -0.2) is 30.3 Å². The first-order valence-corrected chi connectivity index (χ1v) is 5.05. The Morgan fingerprint density at radius 3 is 2.71 bits per heavy atom. The van der Waals surface area contributed by atoms with Crippen LogP contribution >= 0.6 is 0 Å². The number of carbonyl (C=O) groups excluding carboxylic acids is 1. The van der Waals surface area contributed by atoms with Crippen LogP contribution in [0.3, 0.4) is 0 Å². The minimum absolute atomic E-state index is 0.157. The number of nitrogens with one attached hydrogen (secondary N) is 1. The third-order valence-electron chi connectivity index (χ3n) is 2.09. The zero-order valence-electron chi connectivity index (χ0n) is 9.18. The molecule has 0 atom stereocenters. The molecule has 0 aliphatic heterocycles. The lowest BCUT2D eigenvalue weighted by atomic mass is 10.1. The number of carboxylic acid groups (broad SMARTS) is 1. The Morgan fingerprint density at radius 2 is 2.06 bits per heavy atom. The van der Waals surface area contributed by atoms with Gasteiger partial charge in [-0.1, -0.05) is 18.2 Å². The number of aromatic carboxylic acids is 1. The van der Waals surface area contributed by atoms with E-state index in [1.807, 2.05) is 0 Å². The molecule has 6 heteroatoms. The van der Waals surface area contributed by atoms with Crippen molar-refractivity contribution in [3.63, 3.8) is 0 Å². The van der Waals surface area contributed by atoms with Gasteiger partial charge in [0, 0.05) is 13.1 Å². The summed E-state index contributed by atoms with van der Waals surface area (Å²) in [5, 5.41) is 11.9. The molecule has 4 N–H and O–H groups in total. The number of hydrogen-bond acceptors (Lipinski definition) is 4. The van der Waals surface area contributed by atoms with Crippen molar-refractivity contribution in [1.82, 2.24) is 5.32 Å². The Kier molecular flexibility index (Phi) is 4.96. The van der Waals surface area contributed by atoms with Gasteiger partial charge in [-0.15, -0.1) is 0 Å². The maximum Gasteiger partial charge on any atom is 0.404 e. The molecular formula is C11H14N2O4. The maximum absolute atomic E-state index is 10.9. The molecule has 1 aromatic rings. The highest BCUT2D eigenvalue weighted by molar-refractivity contribution is 5.89. The van der Waals surface area contributed by atoms with Crippen molar-refractivity contribution in [3.05, 3.63) is 35.4 Å². The molecule has 0 saturated carbocycles. The molecule has 0 saturated heterocycles. The monoisotopic (exact) mass is 238 g/mol. The molecule has 0 spiro atoms. The summed E-state index contributed by atoms with van der Waals surface area (Å²) in [6, 6.07) is 6.71. The topological polar surface area (TPSA) is 102 Å². The van der Waals surface area contributed by atoms with Gasteiger partial charge in [0.25, 0.3) is 0 Å². The zero-order chi connectivity index (χ0) is 12.7. The predicted octanol–water partition coefficient (Wildman–Crippen LogP) is 0.570. The van der Waals surface area contributed by atoms with Crippen LogP contribution in [0, 0.1) is 0 Å². The van der Waals surface area contributed by atoms with Crippen molar-refractivity contribution in [2.75, 3.05) is 13.2 Å². The third kappa shape index (κ3) is 4.52. The SMILES string of the molecule is NC(=O)OCCNCc1ccccc1C(=O)O. The van der Waals surface area contributed by atoms with E-state index in [2.05, 4.69) is 10.1 Å². The van der Waals surface area contributed by atoms with E-state index < -0.39 is 12.1 Å². The average molecular weight is 238 g/mol. The highest BCUT2D eigenvalue weighted by atomic mass is 16.5. The molecule has 92 valence electrons. The van der Waals surface area contributed by atoms with Crippen molar-refractivity contribution in [3.8, 4) is 0 Å². The van der Waals surface area contributed by atoms with Gasteiger partial charge >= 0.3 is 12.1 Å². The summed E-state index contributed by atoms with van der Waals surface area (Å²) < 4.78 is 4.52. The second kappa shape index (κ2) is 6.49. The lowest BCUT2D eigenvalue weighted by Crippen LogP contribution is -2.24. The Balaban J connectivity index is 2.41.